The predicted molar refractivity (Wildman–Crippen MR) is 85.5 cm³/mol. The molecule has 2 aromatic carbocycles. The summed E-state index contributed by atoms with van der Waals surface area (Å²) >= 11 is 0. The Morgan fingerprint density at radius 2 is 2.00 bits per heavy atom. The molecule has 25 heavy (non-hydrogen) atoms. The number of hydrogen-bond acceptors (Lipinski definition) is 6. The second-order valence-electron chi connectivity index (χ2n) is 5.18. The van der Waals surface area contributed by atoms with Crippen molar-refractivity contribution in [3.05, 3.63) is 63.7 Å². The zero-order chi connectivity index (χ0) is 18.1. The Morgan fingerprint density at radius 1 is 1.24 bits per heavy atom. The summed E-state index contributed by atoms with van der Waals surface area (Å²) in [5.74, 6) is -1.76. The van der Waals surface area contributed by atoms with Crippen molar-refractivity contribution >= 4 is 22.6 Å². The minimum Gasteiger partial charge on any atom is -0.497 e. The number of esters is 1. The van der Waals surface area contributed by atoms with Crippen LogP contribution in [-0.4, -0.2) is 18.0 Å². The molecule has 0 radical (unpaired) electrons. The third-order valence-corrected chi connectivity index (χ3v) is 3.65. The molecule has 1 aromatic heterocycles. The van der Waals surface area contributed by atoms with Crippen LogP contribution in [0.25, 0.3) is 11.0 Å². The number of ether oxygens (including phenoxy) is 2. The van der Waals surface area contributed by atoms with Gasteiger partial charge in [-0.05, 0) is 31.2 Å². The SMILES string of the molecule is COc1ccc2oc(C(=O)Oc3cc(F)ccc3[N+](=O)[O-])c(C)c2c1. The molecular formula is C17H12FNO6. The lowest BCUT2D eigenvalue weighted by molar-refractivity contribution is -0.385. The fraction of sp³-hybridized carbons (Fsp3) is 0.118. The smallest absolute Gasteiger partial charge is 0.380 e. The quantitative estimate of drug-likeness (QED) is 0.307. The Balaban J connectivity index is 2.00. The second kappa shape index (κ2) is 6.23. The van der Waals surface area contributed by atoms with Crippen LogP contribution < -0.4 is 9.47 Å². The lowest BCUT2D eigenvalue weighted by Gasteiger charge is -2.04. The van der Waals surface area contributed by atoms with Gasteiger partial charge in [-0.1, -0.05) is 0 Å². The van der Waals surface area contributed by atoms with Crippen molar-refractivity contribution < 1.29 is 28.0 Å². The number of nitro groups is 1. The number of furan rings is 1. The summed E-state index contributed by atoms with van der Waals surface area (Å²) < 4.78 is 28.9. The highest BCUT2D eigenvalue weighted by molar-refractivity contribution is 5.97. The van der Waals surface area contributed by atoms with Gasteiger partial charge in [-0.2, -0.15) is 0 Å². The Hall–Kier alpha value is -3.42. The number of carbonyl (C=O) groups is 1. The van der Waals surface area contributed by atoms with E-state index in [4.69, 9.17) is 13.9 Å². The van der Waals surface area contributed by atoms with E-state index in [-0.39, 0.29) is 5.76 Å². The Morgan fingerprint density at radius 3 is 2.68 bits per heavy atom. The molecule has 0 saturated heterocycles. The maximum atomic E-state index is 13.3. The summed E-state index contributed by atoms with van der Waals surface area (Å²) in [6.07, 6.45) is 0. The first-order chi connectivity index (χ1) is 11.9. The van der Waals surface area contributed by atoms with Gasteiger partial charge in [0, 0.05) is 23.1 Å². The van der Waals surface area contributed by atoms with Crippen molar-refractivity contribution in [3.8, 4) is 11.5 Å². The fourth-order valence-corrected chi connectivity index (χ4v) is 2.39. The number of aryl methyl sites for hydroxylation is 1. The molecule has 128 valence electrons. The maximum Gasteiger partial charge on any atom is 0.380 e. The highest BCUT2D eigenvalue weighted by atomic mass is 19.1. The van der Waals surface area contributed by atoms with Gasteiger partial charge < -0.3 is 13.9 Å². The molecule has 0 aliphatic carbocycles. The molecule has 0 N–H and O–H groups in total. The van der Waals surface area contributed by atoms with Crippen LogP contribution in [0.4, 0.5) is 10.1 Å². The van der Waals surface area contributed by atoms with E-state index in [0.717, 1.165) is 18.2 Å². The highest BCUT2D eigenvalue weighted by Gasteiger charge is 2.24. The molecule has 8 heteroatoms. The number of nitrogens with zero attached hydrogens (tertiary/aromatic N) is 1. The van der Waals surface area contributed by atoms with E-state index in [1.807, 2.05) is 0 Å². The molecule has 3 rings (SSSR count). The summed E-state index contributed by atoms with van der Waals surface area (Å²) in [4.78, 5) is 22.6. The van der Waals surface area contributed by atoms with Crippen molar-refractivity contribution in [1.29, 1.82) is 0 Å². The summed E-state index contributed by atoms with van der Waals surface area (Å²) in [5, 5.41) is 11.6. The number of benzene rings is 2. The van der Waals surface area contributed by atoms with E-state index >= 15 is 0 Å². The largest absolute Gasteiger partial charge is 0.497 e. The maximum absolute atomic E-state index is 13.3. The summed E-state index contributed by atoms with van der Waals surface area (Å²) in [7, 11) is 1.51. The van der Waals surface area contributed by atoms with Gasteiger partial charge in [0.1, 0.15) is 17.1 Å². The van der Waals surface area contributed by atoms with Crippen molar-refractivity contribution in [1.82, 2.24) is 0 Å². The summed E-state index contributed by atoms with van der Waals surface area (Å²) in [6, 6.07) is 7.59. The zero-order valence-electron chi connectivity index (χ0n) is 13.2. The average molecular weight is 345 g/mol. The van der Waals surface area contributed by atoms with Crippen LogP contribution in [-0.2, 0) is 0 Å². The Kier molecular flexibility index (Phi) is 4.10. The number of fused-ring (bicyclic) bond motifs is 1. The van der Waals surface area contributed by atoms with Crippen LogP contribution in [0.15, 0.2) is 40.8 Å². The van der Waals surface area contributed by atoms with Gasteiger partial charge in [-0.15, -0.1) is 0 Å². The van der Waals surface area contributed by atoms with Crippen LogP contribution in [0, 0.1) is 22.9 Å². The first kappa shape index (κ1) is 16.4. The van der Waals surface area contributed by atoms with E-state index in [9.17, 15) is 19.3 Å². The molecule has 7 nitrogen and oxygen atoms in total. The predicted octanol–water partition coefficient (Wildman–Crippen LogP) is 4.02. The molecule has 3 aromatic rings. The van der Waals surface area contributed by atoms with Gasteiger partial charge in [0.25, 0.3) is 0 Å². The summed E-state index contributed by atoms with van der Waals surface area (Å²) in [6.45, 7) is 1.64. The molecule has 0 bridgehead atoms. The molecule has 0 saturated carbocycles. The first-order valence-electron chi connectivity index (χ1n) is 7.14. The minimum atomic E-state index is -0.957. The van der Waals surface area contributed by atoms with Crippen LogP contribution >= 0.6 is 0 Å². The molecule has 0 aliphatic rings. The molecule has 0 aliphatic heterocycles. The molecule has 0 unspecified atom stereocenters. The Labute approximate surface area is 140 Å². The lowest BCUT2D eigenvalue weighted by atomic mass is 10.1. The highest BCUT2D eigenvalue weighted by Crippen LogP contribution is 2.32. The Bertz CT molecular complexity index is 994. The number of methoxy groups -OCH3 is 1. The van der Waals surface area contributed by atoms with E-state index in [1.54, 1.807) is 25.1 Å². The number of hydrogen-bond donors (Lipinski definition) is 0. The number of rotatable bonds is 4. The second-order valence-corrected chi connectivity index (χ2v) is 5.18. The van der Waals surface area contributed by atoms with Crippen LogP contribution in [0.2, 0.25) is 0 Å². The van der Waals surface area contributed by atoms with Crippen molar-refractivity contribution in [3.63, 3.8) is 0 Å². The molecule has 0 amide bonds. The van der Waals surface area contributed by atoms with Gasteiger partial charge in [0.05, 0.1) is 12.0 Å². The third kappa shape index (κ3) is 3.01. The average Bonchev–Trinajstić information content (AvgIpc) is 2.91. The van der Waals surface area contributed by atoms with Crippen molar-refractivity contribution in [2.45, 2.75) is 6.92 Å². The summed E-state index contributed by atoms with van der Waals surface area (Å²) in [5.41, 5.74) is 0.391. The van der Waals surface area contributed by atoms with E-state index in [1.165, 1.54) is 7.11 Å². The van der Waals surface area contributed by atoms with Crippen LogP contribution in [0.5, 0.6) is 11.5 Å². The number of halogens is 1. The normalized spacial score (nSPS) is 10.7. The van der Waals surface area contributed by atoms with Crippen LogP contribution in [0.3, 0.4) is 0 Å². The minimum absolute atomic E-state index is 0.123. The molecule has 0 atom stereocenters. The molecule has 0 fully saturated rings. The topological polar surface area (TPSA) is 91.8 Å². The fourth-order valence-electron chi connectivity index (χ4n) is 2.39. The standard InChI is InChI=1S/C17H12FNO6/c1-9-12-8-11(23-2)4-6-14(12)24-16(9)17(20)25-15-7-10(18)3-5-13(15)19(21)22/h3-8H,1-2H3. The van der Waals surface area contributed by atoms with Gasteiger partial charge in [-0.25, -0.2) is 9.18 Å². The number of carbonyl (C=O) groups excluding carboxylic acids is 1. The van der Waals surface area contributed by atoms with E-state index in [2.05, 4.69) is 0 Å². The molecule has 1 heterocycles. The van der Waals surface area contributed by atoms with Crippen molar-refractivity contribution in [2.75, 3.05) is 7.11 Å². The van der Waals surface area contributed by atoms with E-state index in [0.29, 0.717) is 22.3 Å². The van der Waals surface area contributed by atoms with Gasteiger partial charge in [0.2, 0.25) is 11.5 Å². The monoisotopic (exact) mass is 345 g/mol. The van der Waals surface area contributed by atoms with Crippen molar-refractivity contribution in [2.24, 2.45) is 0 Å². The lowest BCUT2D eigenvalue weighted by Crippen LogP contribution is -2.10. The zero-order valence-corrected chi connectivity index (χ0v) is 13.2. The van der Waals surface area contributed by atoms with Crippen LogP contribution in [0.1, 0.15) is 16.1 Å². The van der Waals surface area contributed by atoms with E-state index < -0.39 is 28.1 Å². The van der Waals surface area contributed by atoms with Gasteiger partial charge in [0.15, 0.2) is 0 Å². The third-order valence-electron chi connectivity index (χ3n) is 3.65. The van der Waals surface area contributed by atoms with Gasteiger partial charge >= 0.3 is 11.7 Å². The molecular weight excluding hydrogens is 333 g/mol. The molecule has 0 spiro atoms. The van der Waals surface area contributed by atoms with Gasteiger partial charge in [-0.3, -0.25) is 10.1 Å². The first-order valence-corrected chi connectivity index (χ1v) is 7.14. The number of nitro benzene ring substituents is 1.